The van der Waals surface area contributed by atoms with E-state index in [-0.39, 0.29) is 11.8 Å². The van der Waals surface area contributed by atoms with Gasteiger partial charge in [0.25, 0.3) is 5.91 Å². The monoisotopic (exact) mass is 421 g/mol. The summed E-state index contributed by atoms with van der Waals surface area (Å²) < 4.78 is 39.9. The lowest BCUT2D eigenvalue weighted by molar-refractivity contribution is -0.137. The molecule has 0 aromatic heterocycles. The fraction of sp³-hybridized carbons (Fsp3) is 0.192. The lowest BCUT2D eigenvalue weighted by Gasteiger charge is -2.26. The Bertz CT molecular complexity index is 1090. The van der Waals surface area contributed by atoms with E-state index < -0.39 is 17.8 Å². The largest absolute Gasteiger partial charge is 0.416 e. The van der Waals surface area contributed by atoms with Gasteiger partial charge >= 0.3 is 6.18 Å². The molecular weight excluding hydrogens is 399 g/mol. The van der Waals surface area contributed by atoms with Gasteiger partial charge in [0.15, 0.2) is 0 Å². The van der Waals surface area contributed by atoms with Gasteiger partial charge < -0.3 is 0 Å². The highest BCUT2D eigenvalue weighted by atomic mass is 19.4. The lowest BCUT2D eigenvalue weighted by Crippen LogP contribution is -2.29. The zero-order chi connectivity index (χ0) is 22.0. The molecule has 2 atom stereocenters. The number of amides is 1. The first-order valence-electron chi connectivity index (χ1n) is 10.2. The second kappa shape index (κ2) is 8.42. The number of anilines is 1. The van der Waals surface area contributed by atoms with Crippen LogP contribution in [0, 0.1) is 0 Å². The minimum atomic E-state index is -4.44. The smallest absolute Gasteiger partial charge is 0.298 e. The van der Waals surface area contributed by atoms with E-state index in [0.717, 1.165) is 17.7 Å². The number of nitrogens with zero attached hydrogens (tertiary/aromatic N) is 1. The van der Waals surface area contributed by atoms with E-state index in [1.165, 1.54) is 6.07 Å². The zero-order valence-corrected chi connectivity index (χ0v) is 17.0. The van der Waals surface area contributed by atoms with Crippen LogP contribution in [0.25, 0.3) is 0 Å². The molecule has 0 N–H and O–H groups in total. The number of rotatable bonds is 5. The number of benzene rings is 3. The molecule has 158 valence electrons. The van der Waals surface area contributed by atoms with Gasteiger partial charge in [-0.3, -0.25) is 9.69 Å². The SMILES string of the molecule is C[C@@H](CC1=C[C@H](c2cccc(C(F)(F)F)c2)N(c2ccccc2)C1=O)c1ccccc1. The highest BCUT2D eigenvalue weighted by molar-refractivity contribution is 6.09. The van der Waals surface area contributed by atoms with Crippen LogP contribution in [0.3, 0.4) is 0 Å². The number of carbonyl (C=O) groups excluding carboxylic acids is 1. The molecule has 4 rings (SSSR count). The third-order valence-electron chi connectivity index (χ3n) is 5.62. The van der Waals surface area contributed by atoms with Crippen LogP contribution in [0.1, 0.15) is 42.0 Å². The van der Waals surface area contributed by atoms with Gasteiger partial charge in [0.2, 0.25) is 0 Å². The average molecular weight is 421 g/mol. The van der Waals surface area contributed by atoms with E-state index in [4.69, 9.17) is 0 Å². The summed E-state index contributed by atoms with van der Waals surface area (Å²) in [7, 11) is 0. The molecular formula is C26H22F3NO. The molecule has 1 amide bonds. The van der Waals surface area contributed by atoms with Crippen LogP contribution in [0.4, 0.5) is 18.9 Å². The molecule has 1 aliphatic rings. The maximum absolute atomic E-state index is 13.4. The van der Waals surface area contributed by atoms with Crippen molar-refractivity contribution < 1.29 is 18.0 Å². The van der Waals surface area contributed by atoms with Crippen molar-refractivity contribution in [3.63, 3.8) is 0 Å². The normalized spacial score (nSPS) is 17.5. The molecule has 1 heterocycles. The minimum Gasteiger partial charge on any atom is -0.298 e. The molecule has 0 aliphatic carbocycles. The number of hydrogen-bond acceptors (Lipinski definition) is 1. The number of hydrogen-bond donors (Lipinski definition) is 0. The summed E-state index contributed by atoms with van der Waals surface area (Å²) in [5.74, 6) is -0.0642. The molecule has 0 saturated heterocycles. The van der Waals surface area contributed by atoms with E-state index in [0.29, 0.717) is 23.2 Å². The van der Waals surface area contributed by atoms with Crippen molar-refractivity contribution in [3.05, 3.63) is 113 Å². The fourth-order valence-electron chi connectivity index (χ4n) is 4.01. The van der Waals surface area contributed by atoms with E-state index in [9.17, 15) is 18.0 Å². The topological polar surface area (TPSA) is 20.3 Å². The van der Waals surface area contributed by atoms with Gasteiger partial charge in [-0.25, -0.2) is 0 Å². The van der Waals surface area contributed by atoms with E-state index in [1.807, 2.05) is 61.5 Å². The summed E-state index contributed by atoms with van der Waals surface area (Å²) >= 11 is 0. The molecule has 1 aliphatic heterocycles. The molecule has 0 fully saturated rings. The maximum Gasteiger partial charge on any atom is 0.416 e. The van der Waals surface area contributed by atoms with Crippen LogP contribution in [0.5, 0.6) is 0 Å². The Kier molecular flexibility index (Phi) is 5.68. The van der Waals surface area contributed by atoms with Crippen molar-refractivity contribution in [2.75, 3.05) is 4.90 Å². The Morgan fingerprint density at radius 1 is 0.903 bits per heavy atom. The van der Waals surface area contributed by atoms with E-state index >= 15 is 0 Å². The van der Waals surface area contributed by atoms with Gasteiger partial charge in [-0.05, 0) is 53.8 Å². The second-order valence-corrected chi connectivity index (χ2v) is 7.79. The Labute approximate surface area is 179 Å². The number of carbonyl (C=O) groups is 1. The van der Waals surface area contributed by atoms with Crippen molar-refractivity contribution in [2.45, 2.75) is 31.5 Å². The van der Waals surface area contributed by atoms with Crippen LogP contribution < -0.4 is 4.90 Å². The van der Waals surface area contributed by atoms with Crippen molar-refractivity contribution >= 4 is 11.6 Å². The predicted octanol–water partition coefficient (Wildman–Crippen LogP) is 6.91. The van der Waals surface area contributed by atoms with Gasteiger partial charge in [-0.2, -0.15) is 13.2 Å². The summed E-state index contributed by atoms with van der Waals surface area (Å²) in [4.78, 5) is 15.0. The number of alkyl halides is 3. The molecule has 0 saturated carbocycles. The molecule has 0 radical (unpaired) electrons. The summed E-state index contributed by atoms with van der Waals surface area (Å²) in [5.41, 5.74) is 2.11. The predicted molar refractivity (Wildman–Crippen MR) is 116 cm³/mol. The van der Waals surface area contributed by atoms with Gasteiger partial charge in [0.1, 0.15) is 0 Å². The van der Waals surface area contributed by atoms with Crippen molar-refractivity contribution in [1.82, 2.24) is 0 Å². The van der Waals surface area contributed by atoms with Crippen molar-refractivity contribution in [3.8, 4) is 0 Å². The average Bonchev–Trinajstić information content (AvgIpc) is 3.10. The number of para-hydroxylation sites is 1. The van der Waals surface area contributed by atoms with Crippen molar-refractivity contribution in [2.24, 2.45) is 0 Å². The molecule has 5 heteroatoms. The standard InChI is InChI=1S/C26H22F3NO/c1-18(19-9-4-2-5-10-19)15-21-17-24(20-11-8-12-22(16-20)26(27,28)29)30(25(21)31)23-13-6-3-7-14-23/h2-14,16-18,24H,15H2,1H3/t18-,24+/m0/s1. The van der Waals surface area contributed by atoms with Crippen LogP contribution in [-0.2, 0) is 11.0 Å². The molecule has 2 nitrogen and oxygen atoms in total. The van der Waals surface area contributed by atoms with Gasteiger partial charge in [0.05, 0.1) is 11.6 Å². The molecule has 3 aromatic rings. The van der Waals surface area contributed by atoms with Crippen LogP contribution in [0.2, 0.25) is 0 Å². The maximum atomic E-state index is 13.4. The molecule has 3 aromatic carbocycles. The molecule has 0 bridgehead atoms. The van der Waals surface area contributed by atoms with Crippen LogP contribution >= 0.6 is 0 Å². The molecule has 0 unspecified atom stereocenters. The van der Waals surface area contributed by atoms with Crippen LogP contribution in [0.15, 0.2) is 96.6 Å². The summed E-state index contributed by atoms with van der Waals surface area (Å²) in [6.45, 7) is 2.05. The summed E-state index contributed by atoms with van der Waals surface area (Å²) in [6.07, 6.45) is -2.11. The van der Waals surface area contributed by atoms with Crippen LogP contribution in [-0.4, -0.2) is 5.91 Å². The second-order valence-electron chi connectivity index (χ2n) is 7.79. The third kappa shape index (κ3) is 4.41. The molecule has 31 heavy (non-hydrogen) atoms. The Hall–Kier alpha value is -3.34. The molecule has 0 spiro atoms. The third-order valence-corrected chi connectivity index (χ3v) is 5.62. The van der Waals surface area contributed by atoms with Gasteiger partial charge in [-0.15, -0.1) is 0 Å². The highest BCUT2D eigenvalue weighted by Gasteiger charge is 2.37. The summed E-state index contributed by atoms with van der Waals surface area (Å²) in [6, 6.07) is 23.6. The first-order valence-corrected chi connectivity index (χ1v) is 10.2. The Morgan fingerprint density at radius 2 is 1.55 bits per heavy atom. The fourth-order valence-corrected chi connectivity index (χ4v) is 4.01. The van der Waals surface area contributed by atoms with Gasteiger partial charge in [-0.1, -0.05) is 67.6 Å². The number of halogens is 3. The van der Waals surface area contributed by atoms with E-state index in [2.05, 4.69) is 0 Å². The first-order chi connectivity index (χ1) is 14.8. The van der Waals surface area contributed by atoms with E-state index in [1.54, 1.807) is 23.1 Å². The quantitative estimate of drug-likeness (QED) is 0.438. The lowest BCUT2D eigenvalue weighted by atomic mass is 9.93. The Balaban J connectivity index is 1.72. The highest BCUT2D eigenvalue weighted by Crippen LogP contribution is 2.40. The zero-order valence-electron chi connectivity index (χ0n) is 17.0. The Morgan fingerprint density at radius 3 is 2.19 bits per heavy atom. The summed E-state index contributed by atoms with van der Waals surface area (Å²) in [5, 5.41) is 0. The minimum absolute atomic E-state index is 0.106. The van der Waals surface area contributed by atoms with Gasteiger partial charge in [0, 0.05) is 11.3 Å². The first kappa shape index (κ1) is 20.9. The van der Waals surface area contributed by atoms with Crippen molar-refractivity contribution in [1.29, 1.82) is 0 Å².